The van der Waals surface area contributed by atoms with Crippen molar-refractivity contribution in [2.24, 2.45) is 0 Å². The Balaban J connectivity index is 1.76. The zero-order valence-corrected chi connectivity index (χ0v) is 14.2. The highest BCUT2D eigenvalue weighted by molar-refractivity contribution is 9.10. The molecule has 0 aromatic heterocycles. The summed E-state index contributed by atoms with van der Waals surface area (Å²) in [6, 6.07) is 9.66. The van der Waals surface area contributed by atoms with Gasteiger partial charge in [0.05, 0.1) is 5.02 Å². The second-order valence-electron chi connectivity index (χ2n) is 4.28. The van der Waals surface area contributed by atoms with E-state index in [9.17, 15) is 0 Å². The Morgan fingerprint density at radius 2 is 1.80 bits per heavy atom. The molecule has 0 bridgehead atoms. The molecular weight excluding hydrogens is 409 g/mol. The summed E-state index contributed by atoms with van der Waals surface area (Å²) < 4.78 is 12.6. The van der Waals surface area contributed by atoms with Gasteiger partial charge in [-0.3, -0.25) is 0 Å². The minimum atomic E-state index is 0.279. The Labute approximate surface area is 138 Å². The minimum absolute atomic E-state index is 0.279. The van der Waals surface area contributed by atoms with Crippen LogP contribution in [0.25, 0.3) is 0 Å². The molecule has 0 radical (unpaired) electrons. The highest BCUT2D eigenvalue weighted by Gasteiger charge is 2.16. The first-order valence-corrected chi connectivity index (χ1v) is 7.87. The molecule has 104 valence electrons. The zero-order valence-electron chi connectivity index (χ0n) is 10.3. The summed E-state index contributed by atoms with van der Waals surface area (Å²) in [7, 11) is 0. The average molecular weight is 420 g/mol. The van der Waals surface area contributed by atoms with Gasteiger partial charge in [0.15, 0.2) is 11.5 Å². The van der Waals surface area contributed by atoms with Crippen molar-refractivity contribution in [3.05, 3.63) is 49.9 Å². The van der Waals surface area contributed by atoms with Crippen LogP contribution < -0.4 is 14.8 Å². The number of hydrogen-bond donors (Lipinski definition) is 1. The van der Waals surface area contributed by atoms with Crippen molar-refractivity contribution in [1.82, 2.24) is 0 Å². The van der Waals surface area contributed by atoms with Crippen LogP contribution in [-0.4, -0.2) is 6.79 Å². The van der Waals surface area contributed by atoms with Gasteiger partial charge in [-0.1, -0.05) is 27.5 Å². The van der Waals surface area contributed by atoms with Crippen LogP contribution in [-0.2, 0) is 6.54 Å². The Kier molecular flexibility index (Phi) is 4.10. The predicted octanol–water partition coefficient (Wildman–Crippen LogP) is 5.21. The van der Waals surface area contributed by atoms with Gasteiger partial charge in [-0.15, -0.1) is 0 Å². The maximum atomic E-state index is 6.07. The molecule has 0 unspecified atom stereocenters. The molecule has 20 heavy (non-hydrogen) atoms. The van der Waals surface area contributed by atoms with Crippen LogP contribution in [0.5, 0.6) is 11.5 Å². The number of benzene rings is 2. The van der Waals surface area contributed by atoms with E-state index in [1.54, 1.807) is 0 Å². The first-order valence-electron chi connectivity index (χ1n) is 5.90. The summed E-state index contributed by atoms with van der Waals surface area (Å²) in [6.07, 6.45) is 0. The SMILES string of the molecule is Clc1cc(NCc2cc3c(cc2Br)OCO3)ccc1Br. The summed E-state index contributed by atoms with van der Waals surface area (Å²) in [5, 5.41) is 4.01. The number of ether oxygens (including phenoxy) is 2. The van der Waals surface area contributed by atoms with Gasteiger partial charge in [0.1, 0.15) is 0 Å². The van der Waals surface area contributed by atoms with Crippen LogP contribution in [0.4, 0.5) is 5.69 Å². The third-order valence-corrected chi connectivity index (χ3v) is 4.91. The van der Waals surface area contributed by atoms with E-state index in [1.165, 1.54) is 0 Å². The van der Waals surface area contributed by atoms with Crippen molar-refractivity contribution in [2.45, 2.75) is 6.54 Å². The molecule has 1 aliphatic heterocycles. The van der Waals surface area contributed by atoms with E-state index in [2.05, 4.69) is 37.2 Å². The molecule has 0 aliphatic carbocycles. The molecule has 0 atom stereocenters. The van der Waals surface area contributed by atoms with Gasteiger partial charge in [-0.2, -0.15) is 0 Å². The Hall–Kier alpha value is -0.910. The largest absolute Gasteiger partial charge is 0.454 e. The van der Waals surface area contributed by atoms with Gasteiger partial charge in [0.25, 0.3) is 0 Å². The molecule has 1 aliphatic rings. The van der Waals surface area contributed by atoms with Crippen LogP contribution >= 0.6 is 43.5 Å². The van der Waals surface area contributed by atoms with E-state index in [4.69, 9.17) is 21.1 Å². The predicted molar refractivity (Wildman–Crippen MR) is 86.7 cm³/mol. The van der Waals surface area contributed by atoms with E-state index < -0.39 is 0 Å². The van der Waals surface area contributed by atoms with Gasteiger partial charge < -0.3 is 14.8 Å². The van der Waals surface area contributed by atoms with E-state index in [1.807, 2.05) is 30.3 Å². The number of halogens is 3. The minimum Gasteiger partial charge on any atom is -0.454 e. The van der Waals surface area contributed by atoms with Crippen molar-refractivity contribution >= 4 is 49.1 Å². The Bertz CT molecular complexity index is 664. The van der Waals surface area contributed by atoms with E-state index in [0.29, 0.717) is 11.6 Å². The summed E-state index contributed by atoms with van der Waals surface area (Å²) in [4.78, 5) is 0. The number of nitrogens with one attached hydrogen (secondary N) is 1. The maximum absolute atomic E-state index is 6.07. The van der Waals surface area contributed by atoms with Gasteiger partial charge in [-0.25, -0.2) is 0 Å². The van der Waals surface area contributed by atoms with Gasteiger partial charge >= 0.3 is 0 Å². The van der Waals surface area contributed by atoms with Crippen molar-refractivity contribution in [1.29, 1.82) is 0 Å². The number of hydrogen-bond acceptors (Lipinski definition) is 3. The molecule has 0 amide bonds. The molecule has 3 nitrogen and oxygen atoms in total. The van der Waals surface area contributed by atoms with Gasteiger partial charge in [0, 0.05) is 21.2 Å². The quantitative estimate of drug-likeness (QED) is 0.741. The van der Waals surface area contributed by atoms with Crippen molar-refractivity contribution in [3.63, 3.8) is 0 Å². The summed E-state index contributed by atoms with van der Waals surface area (Å²) in [5.74, 6) is 1.55. The molecule has 6 heteroatoms. The fourth-order valence-electron chi connectivity index (χ4n) is 1.90. The third-order valence-electron chi connectivity index (χ3n) is 2.94. The molecule has 0 fully saturated rings. The number of fused-ring (bicyclic) bond motifs is 1. The van der Waals surface area contributed by atoms with Crippen LogP contribution in [0.15, 0.2) is 39.3 Å². The van der Waals surface area contributed by atoms with E-state index in [0.717, 1.165) is 31.7 Å². The average Bonchev–Trinajstić information content (AvgIpc) is 2.87. The fourth-order valence-corrected chi connectivity index (χ4v) is 2.79. The van der Waals surface area contributed by atoms with Crippen molar-refractivity contribution < 1.29 is 9.47 Å². The second kappa shape index (κ2) is 5.84. The van der Waals surface area contributed by atoms with Crippen molar-refractivity contribution in [3.8, 4) is 11.5 Å². The van der Waals surface area contributed by atoms with Gasteiger partial charge in [-0.05, 0) is 51.8 Å². The maximum Gasteiger partial charge on any atom is 0.231 e. The molecule has 2 aromatic rings. The summed E-state index contributed by atoms with van der Waals surface area (Å²) in [6.45, 7) is 0.941. The lowest BCUT2D eigenvalue weighted by Gasteiger charge is -2.10. The zero-order chi connectivity index (χ0) is 14.1. The molecule has 2 aromatic carbocycles. The number of rotatable bonds is 3. The highest BCUT2D eigenvalue weighted by Crippen LogP contribution is 2.37. The molecular formula is C14H10Br2ClNO2. The Morgan fingerprint density at radius 3 is 2.55 bits per heavy atom. The molecule has 0 saturated carbocycles. The second-order valence-corrected chi connectivity index (χ2v) is 6.40. The first-order chi connectivity index (χ1) is 9.63. The van der Waals surface area contributed by atoms with Crippen LogP contribution in [0, 0.1) is 0 Å². The highest BCUT2D eigenvalue weighted by atomic mass is 79.9. The molecule has 0 saturated heterocycles. The summed E-state index contributed by atoms with van der Waals surface area (Å²) >= 11 is 13.0. The lowest BCUT2D eigenvalue weighted by Crippen LogP contribution is -2.00. The first kappa shape index (κ1) is 14.0. The number of anilines is 1. The lowest BCUT2D eigenvalue weighted by molar-refractivity contribution is 0.174. The fraction of sp³-hybridized carbons (Fsp3) is 0.143. The summed E-state index contributed by atoms with van der Waals surface area (Å²) in [5.41, 5.74) is 2.05. The van der Waals surface area contributed by atoms with Crippen molar-refractivity contribution in [2.75, 3.05) is 12.1 Å². The van der Waals surface area contributed by atoms with Crippen LogP contribution in [0.1, 0.15) is 5.56 Å². The Morgan fingerprint density at radius 1 is 1.05 bits per heavy atom. The lowest BCUT2D eigenvalue weighted by atomic mass is 10.2. The van der Waals surface area contributed by atoms with Gasteiger partial charge in [0.2, 0.25) is 6.79 Å². The molecule has 3 rings (SSSR count). The normalized spacial score (nSPS) is 12.6. The van der Waals surface area contributed by atoms with E-state index in [-0.39, 0.29) is 6.79 Å². The molecule has 0 spiro atoms. The smallest absolute Gasteiger partial charge is 0.231 e. The standard InChI is InChI=1S/C14H10Br2ClNO2/c15-10-2-1-9(4-12(10)17)18-6-8-3-13-14(5-11(8)16)20-7-19-13/h1-5,18H,6-7H2. The topological polar surface area (TPSA) is 30.5 Å². The van der Waals surface area contributed by atoms with E-state index >= 15 is 0 Å². The molecule has 1 heterocycles. The van der Waals surface area contributed by atoms with Crippen LogP contribution in [0.2, 0.25) is 5.02 Å². The monoisotopic (exact) mass is 417 g/mol. The molecule has 1 N–H and O–H groups in total. The third kappa shape index (κ3) is 2.90. The van der Waals surface area contributed by atoms with Crippen LogP contribution in [0.3, 0.4) is 0 Å².